The Bertz CT molecular complexity index is 312. The maximum atomic E-state index is 5.66. The molecule has 0 aliphatic rings. The molecule has 5 heteroatoms. The van der Waals surface area contributed by atoms with Crippen molar-refractivity contribution in [1.29, 1.82) is 0 Å². The lowest BCUT2D eigenvalue weighted by molar-refractivity contribution is 0.110. The van der Waals surface area contributed by atoms with Gasteiger partial charge >= 0.3 is 0 Å². The minimum absolute atomic E-state index is 0.608. The quantitative estimate of drug-likeness (QED) is 0.722. The lowest BCUT2D eigenvalue weighted by Crippen LogP contribution is -2.08. The van der Waals surface area contributed by atoms with E-state index in [9.17, 15) is 0 Å². The fourth-order valence-electron chi connectivity index (χ4n) is 1.21. The summed E-state index contributed by atoms with van der Waals surface area (Å²) in [6.07, 6.45) is 1.00. The van der Waals surface area contributed by atoms with Gasteiger partial charge in [0.25, 0.3) is 0 Å². The van der Waals surface area contributed by atoms with E-state index in [-0.39, 0.29) is 0 Å². The minimum Gasteiger partial charge on any atom is -0.383 e. The molecule has 0 amide bonds. The Labute approximate surface area is 101 Å². The highest BCUT2D eigenvalue weighted by Crippen LogP contribution is 2.24. The van der Waals surface area contributed by atoms with Crippen LogP contribution in [0.2, 0.25) is 0 Å². The molecule has 0 aliphatic heterocycles. The average Bonchev–Trinajstić information content (AvgIpc) is 2.54. The van der Waals surface area contributed by atoms with Gasteiger partial charge in [-0.3, -0.25) is 0 Å². The molecule has 4 nitrogen and oxygen atoms in total. The molecule has 0 atom stereocenters. The molecule has 92 valence electrons. The van der Waals surface area contributed by atoms with Gasteiger partial charge in [-0.25, -0.2) is 0 Å². The minimum atomic E-state index is 0.608. The number of rotatable bonds is 7. The van der Waals surface area contributed by atoms with E-state index in [4.69, 9.17) is 10.5 Å². The molecule has 1 rings (SSSR count). The number of nitrogens with two attached hydrogens (primary N) is 1. The second kappa shape index (κ2) is 6.70. The number of hydrogen-bond donors (Lipinski definition) is 2. The predicted molar refractivity (Wildman–Crippen MR) is 70.0 cm³/mol. The molecule has 0 radical (unpaired) electrons. The highest BCUT2D eigenvalue weighted by atomic mass is 32.1. The maximum absolute atomic E-state index is 5.66. The lowest BCUT2D eigenvalue weighted by atomic mass is 10.2. The molecule has 0 spiro atoms. The number of anilines is 2. The van der Waals surface area contributed by atoms with Crippen molar-refractivity contribution in [2.45, 2.75) is 27.2 Å². The van der Waals surface area contributed by atoms with Crippen LogP contribution in [0.15, 0.2) is 0 Å². The molecule has 0 saturated heterocycles. The van der Waals surface area contributed by atoms with Gasteiger partial charge < -0.3 is 15.8 Å². The van der Waals surface area contributed by atoms with Gasteiger partial charge in [-0.2, -0.15) is 4.37 Å². The van der Waals surface area contributed by atoms with Gasteiger partial charge in [0, 0.05) is 25.3 Å². The van der Waals surface area contributed by atoms with Crippen molar-refractivity contribution in [3.8, 4) is 0 Å². The first-order valence-corrected chi connectivity index (χ1v) is 6.42. The van der Waals surface area contributed by atoms with Crippen molar-refractivity contribution in [3.63, 3.8) is 0 Å². The monoisotopic (exact) mass is 243 g/mol. The van der Waals surface area contributed by atoms with E-state index in [2.05, 4.69) is 23.5 Å². The Morgan fingerprint density at radius 2 is 2.25 bits per heavy atom. The van der Waals surface area contributed by atoms with Crippen LogP contribution in [-0.4, -0.2) is 24.1 Å². The van der Waals surface area contributed by atoms with Gasteiger partial charge in [0.2, 0.25) is 0 Å². The van der Waals surface area contributed by atoms with E-state index in [1.165, 1.54) is 11.5 Å². The van der Waals surface area contributed by atoms with Crippen LogP contribution >= 0.6 is 11.5 Å². The normalized spacial score (nSPS) is 11.0. The third-order valence-corrected chi connectivity index (χ3v) is 3.08. The molecular formula is C11H21N3OS. The van der Waals surface area contributed by atoms with Crippen molar-refractivity contribution in [3.05, 3.63) is 5.56 Å². The third-order valence-electron chi connectivity index (χ3n) is 2.16. The summed E-state index contributed by atoms with van der Waals surface area (Å²) < 4.78 is 9.57. The zero-order valence-corrected chi connectivity index (χ0v) is 11.1. The molecule has 3 N–H and O–H groups in total. The number of nitrogens with zero attached hydrogens (tertiary/aromatic N) is 1. The number of aromatic nitrogens is 1. The average molecular weight is 243 g/mol. The molecular weight excluding hydrogens is 222 g/mol. The Morgan fingerprint density at radius 1 is 1.50 bits per heavy atom. The van der Waals surface area contributed by atoms with E-state index in [0.29, 0.717) is 11.7 Å². The summed E-state index contributed by atoms with van der Waals surface area (Å²) >= 11 is 1.42. The fourth-order valence-corrected chi connectivity index (χ4v) is 1.94. The number of ether oxygens (including phenoxy) is 1. The van der Waals surface area contributed by atoms with Crippen molar-refractivity contribution in [2.24, 2.45) is 5.92 Å². The van der Waals surface area contributed by atoms with Crippen LogP contribution in [0.25, 0.3) is 0 Å². The van der Waals surface area contributed by atoms with Crippen LogP contribution in [0.5, 0.6) is 0 Å². The molecule has 0 aromatic carbocycles. The topological polar surface area (TPSA) is 60.2 Å². The largest absolute Gasteiger partial charge is 0.383 e. The van der Waals surface area contributed by atoms with Crippen molar-refractivity contribution >= 4 is 22.4 Å². The van der Waals surface area contributed by atoms with Crippen molar-refractivity contribution in [2.75, 3.05) is 30.8 Å². The van der Waals surface area contributed by atoms with Crippen LogP contribution in [-0.2, 0) is 4.74 Å². The summed E-state index contributed by atoms with van der Waals surface area (Å²) in [5, 5.41) is 4.39. The first kappa shape index (κ1) is 13.3. The first-order valence-electron chi connectivity index (χ1n) is 5.64. The molecule has 0 unspecified atom stereocenters. The van der Waals surface area contributed by atoms with Crippen LogP contribution in [0, 0.1) is 12.8 Å². The van der Waals surface area contributed by atoms with Gasteiger partial charge in [0.1, 0.15) is 10.8 Å². The van der Waals surface area contributed by atoms with Gasteiger partial charge in [0.05, 0.1) is 0 Å². The van der Waals surface area contributed by atoms with Gasteiger partial charge in [-0.15, -0.1) is 0 Å². The van der Waals surface area contributed by atoms with Crippen LogP contribution in [0.4, 0.5) is 10.8 Å². The highest BCUT2D eigenvalue weighted by molar-refractivity contribution is 7.10. The van der Waals surface area contributed by atoms with Gasteiger partial charge in [0.15, 0.2) is 0 Å². The summed E-state index contributed by atoms with van der Waals surface area (Å²) in [4.78, 5) is 0. The van der Waals surface area contributed by atoms with Crippen molar-refractivity contribution in [1.82, 2.24) is 4.37 Å². The molecule has 0 saturated carbocycles. The Kier molecular flexibility index (Phi) is 5.55. The van der Waals surface area contributed by atoms with E-state index in [1.54, 1.807) is 0 Å². The SMILES string of the molecule is Cc1c(N)nsc1NCCCOCC(C)C. The molecule has 0 aliphatic carbocycles. The zero-order valence-electron chi connectivity index (χ0n) is 10.2. The Balaban J connectivity index is 2.10. The van der Waals surface area contributed by atoms with Crippen LogP contribution < -0.4 is 11.1 Å². The summed E-state index contributed by atoms with van der Waals surface area (Å²) in [5.41, 5.74) is 6.71. The predicted octanol–water partition coefficient (Wildman–Crippen LogP) is 2.51. The Morgan fingerprint density at radius 3 is 2.81 bits per heavy atom. The lowest BCUT2D eigenvalue weighted by Gasteiger charge is -2.07. The highest BCUT2D eigenvalue weighted by Gasteiger charge is 2.04. The number of nitrogens with one attached hydrogen (secondary N) is 1. The smallest absolute Gasteiger partial charge is 0.142 e. The number of hydrogen-bond acceptors (Lipinski definition) is 5. The molecule has 0 bridgehead atoms. The molecule has 1 heterocycles. The number of nitrogen functional groups attached to an aromatic ring is 1. The molecule has 1 aromatic heterocycles. The van der Waals surface area contributed by atoms with Crippen molar-refractivity contribution < 1.29 is 4.74 Å². The van der Waals surface area contributed by atoms with E-state index in [1.807, 2.05) is 6.92 Å². The standard InChI is InChI=1S/C11H21N3OS/c1-8(2)7-15-6-4-5-13-11-9(3)10(12)14-16-11/h8,13H,4-7H2,1-3H3,(H2,12,14). The van der Waals surface area contributed by atoms with Crippen LogP contribution in [0.3, 0.4) is 0 Å². The fraction of sp³-hybridized carbons (Fsp3) is 0.727. The summed E-state index contributed by atoms with van der Waals surface area (Å²) in [5.74, 6) is 1.24. The second-order valence-electron chi connectivity index (χ2n) is 4.27. The van der Waals surface area contributed by atoms with E-state index in [0.717, 1.165) is 36.7 Å². The second-order valence-corrected chi connectivity index (χ2v) is 5.04. The third kappa shape index (κ3) is 4.37. The van der Waals surface area contributed by atoms with E-state index >= 15 is 0 Å². The maximum Gasteiger partial charge on any atom is 0.142 e. The molecule has 16 heavy (non-hydrogen) atoms. The van der Waals surface area contributed by atoms with E-state index < -0.39 is 0 Å². The first-order chi connectivity index (χ1) is 7.61. The molecule has 0 fully saturated rings. The zero-order chi connectivity index (χ0) is 12.0. The molecule has 1 aromatic rings. The summed E-state index contributed by atoms with van der Waals surface area (Å²) in [6, 6.07) is 0. The van der Waals surface area contributed by atoms with Gasteiger partial charge in [-0.1, -0.05) is 13.8 Å². The summed E-state index contributed by atoms with van der Waals surface area (Å²) in [6.45, 7) is 8.84. The summed E-state index contributed by atoms with van der Waals surface area (Å²) in [7, 11) is 0. The Hall–Kier alpha value is -0.810. The van der Waals surface area contributed by atoms with Crippen LogP contribution in [0.1, 0.15) is 25.8 Å². The van der Waals surface area contributed by atoms with Gasteiger partial charge in [-0.05, 0) is 30.8 Å².